The van der Waals surface area contributed by atoms with E-state index in [1.165, 1.54) is 16.3 Å². The van der Waals surface area contributed by atoms with Gasteiger partial charge in [0.15, 0.2) is 0 Å². The fourth-order valence-electron chi connectivity index (χ4n) is 1.83. The highest BCUT2D eigenvalue weighted by Gasteiger charge is 2.06. The third-order valence-electron chi connectivity index (χ3n) is 2.58. The summed E-state index contributed by atoms with van der Waals surface area (Å²) < 4.78 is 1.13. The number of halogens is 1. The number of fused-ring (bicyclic) bond motifs is 1. The van der Waals surface area contributed by atoms with Gasteiger partial charge in [-0.05, 0) is 16.8 Å². The molecule has 0 amide bonds. The normalized spacial score (nSPS) is 10.8. The summed E-state index contributed by atoms with van der Waals surface area (Å²) in [5.41, 5.74) is 4.11. The zero-order valence-electron chi connectivity index (χ0n) is 8.35. The molecule has 1 heterocycles. The van der Waals surface area contributed by atoms with Crippen LogP contribution < -0.4 is 0 Å². The molecule has 0 aliphatic carbocycles. The average Bonchev–Trinajstić information content (AvgIpc) is 2.83. The van der Waals surface area contributed by atoms with Gasteiger partial charge in [-0.15, -0.1) is 11.3 Å². The van der Waals surface area contributed by atoms with Crippen LogP contribution in [0, 0.1) is 0 Å². The molecule has 1 aromatic heterocycles. The van der Waals surface area contributed by atoms with Crippen molar-refractivity contribution < 1.29 is 0 Å². The molecule has 0 atom stereocenters. The Bertz CT molecular complexity index is 631. The predicted molar refractivity (Wildman–Crippen MR) is 72.8 cm³/mol. The molecular weight excluding hydrogens is 282 g/mol. The van der Waals surface area contributed by atoms with Crippen LogP contribution in [0.5, 0.6) is 0 Å². The van der Waals surface area contributed by atoms with E-state index in [4.69, 9.17) is 0 Å². The van der Waals surface area contributed by atoms with Crippen molar-refractivity contribution in [3.63, 3.8) is 0 Å². The van der Waals surface area contributed by atoms with Crippen LogP contribution >= 0.6 is 27.3 Å². The van der Waals surface area contributed by atoms with Crippen molar-refractivity contribution in [2.75, 3.05) is 0 Å². The molecule has 0 unspecified atom stereocenters. The van der Waals surface area contributed by atoms with Crippen molar-refractivity contribution >= 4 is 38.0 Å². The molecule has 0 N–H and O–H groups in total. The number of rotatable bonds is 1. The van der Waals surface area contributed by atoms with Gasteiger partial charge in [0, 0.05) is 15.4 Å². The van der Waals surface area contributed by atoms with E-state index in [1.807, 2.05) is 5.51 Å². The topological polar surface area (TPSA) is 12.9 Å². The van der Waals surface area contributed by atoms with Crippen LogP contribution in [0.4, 0.5) is 0 Å². The van der Waals surface area contributed by atoms with E-state index in [0.29, 0.717) is 0 Å². The second kappa shape index (κ2) is 4.00. The highest BCUT2D eigenvalue weighted by atomic mass is 79.9. The SMILES string of the molecule is Brc1ccc(-c2cscn2)c2ccccc12. The van der Waals surface area contributed by atoms with Crippen LogP contribution in [-0.4, -0.2) is 4.98 Å². The largest absolute Gasteiger partial charge is 0.245 e. The lowest BCUT2D eigenvalue weighted by Gasteiger charge is -2.05. The van der Waals surface area contributed by atoms with Crippen molar-refractivity contribution in [3.8, 4) is 11.3 Å². The number of thiazole rings is 1. The van der Waals surface area contributed by atoms with Gasteiger partial charge in [0.25, 0.3) is 0 Å². The Morgan fingerprint density at radius 3 is 2.56 bits per heavy atom. The zero-order valence-corrected chi connectivity index (χ0v) is 10.8. The summed E-state index contributed by atoms with van der Waals surface area (Å²) in [6.07, 6.45) is 0. The van der Waals surface area contributed by atoms with Gasteiger partial charge in [-0.2, -0.15) is 0 Å². The summed E-state index contributed by atoms with van der Waals surface area (Å²) >= 11 is 5.20. The summed E-state index contributed by atoms with van der Waals surface area (Å²) in [6.45, 7) is 0. The van der Waals surface area contributed by atoms with Crippen LogP contribution in [0.1, 0.15) is 0 Å². The van der Waals surface area contributed by atoms with E-state index in [2.05, 4.69) is 62.7 Å². The standard InChI is InChI=1S/C13H8BrNS/c14-12-6-5-11(13-7-16-8-15-13)9-3-1-2-4-10(9)12/h1-8H. The summed E-state index contributed by atoms with van der Waals surface area (Å²) in [6, 6.07) is 12.6. The third kappa shape index (κ3) is 1.56. The highest BCUT2D eigenvalue weighted by Crippen LogP contribution is 2.32. The van der Waals surface area contributed by atoms with Crippen LogP contribution in [0.3, 0.4) is 0 Å². The van der Waals surface area contributed by atoms with Gasteiger partial charge in [-0.3, -0.25) is 0 Å². The summed E-state index contributed by atoms with van der Waals surface area (Å²) in [5, 5.41) is 4.55. The lowest BCUT2D eigenvalue weighted by Crippen LogP contribution is -1.81. The Hall–Kier alpha value is -1.19. The molecule has 0 bridgehead atoms. The van der Waals surface area contributed by atoms with Gasteiger partial charge in [-0.1, -0.05) is 46.3 Å². The maximum Gasteiger partial charge on any atom is 0.0817 e. The van der Waals surface area contributed by atoms with E-state index >= 15 is 0 Å². The molecular formula is C13H8BrNS. The zero-order chi connectivity index (χ0) is 11.0. The number of aromatic nitrogens is 1. The van der Waals surface area contributed by atoms with Gasteiger partial charge >= 0.3 is 0 Å². The summed E-state index contributed by atoms with van der Waals surface area (Å²) in [4.78, 5) is 4.37. The van der Waals surface area contributed by atoms with Crippen molar-refractivity contribution in [1.29, 1.82) is 0 Å². The van der Waals surface area contributed by atoms with Gasteiger partial charge in [0.05, 0.1) is 11.2 Å². The van der Waals surface area contributed by atoms with E-state index < -0.39 is 0 Å². The Balaban J connectivity index is 2.39. The molecule has 0 aliphatic heterocycles. The van der Waals surface area contributed by atoms with Crippen molar-refractivity contribution in [2.45, 2.75) is 0 Å². The molecule has 3 heteroatoms. The monoisotopic (exact) mass is 289 g/mol. The first-order chi connectivity index (χ1) is 7.86. The quantitative estimate of drug-likeness (QED) is 0.631. The fraction of sp³-hybridized carbons (Fsp3) is 0. The van der Waals surface area contributed by atoms with Gasteiger partial charge in [0.1, 0.15) is 0 Å². The first-order valence-corrected chi connectivity index (χ1v) is 6.65. The van der Waals surface area contributed by atoms with Crippen molar-refractivity contribution in [2.24, 2.45) is 0 Å². The third-order valence-corrected chi connectivity index (χ3v) is 3.86. The highest BCUT2D eigenvalue weighted by molar-refractivity contribution is 9.10. The molecule has 1 nitrogen and oxygen atoms in total. The minimum absolute atomic E-state index is 1.05. The maximum atomic E-state index is 4.37. The van der Waals surface area contributed by atoms with Crippen LogP contribution in [0.25, 0.3) is 22.0 Å². The first-order valence-electron chi connectivity index (χ1n) is 4.92. The van der Waals surface area contributed by atoms with Crippen molar-refractivity contribution in [1.82, 2.24) is 4.98 Å². The molecule has 0 radical (unpaired) electrons. The van der Waals surface area contributed by atoms with E-state index in [-0.39, 0.29) is 0 Å². The minimum Gasteiger partial charge on any atom is -0.245 e. The molecule has 0 saturated carbocycles. The molecule has 0 fully saturated rings. The van der Waals surface area contributed by atoms with E-state index in [9.17, 15) is 0 Å². The van der Waals surface area contributed by atoms with Gasteiger partial charge < -0.3 is 0 Å². The Kier molecular flexibility index (Phi) is 2.50. The van der Waals surface area contributed by atoms with Crippen molar-refractivity contribution in [3.05, 3.63) is 51.8 Å². The van der Waals surface area contributed by atoms with Gasteiger partial charge in [-0.25, -0.2) is 4.98 Å². The average molecular weight is 290 g/mol. The summed E-state index contributed by atoms with van der Waals surface area (Å²) in [7, 11) is 0. The fourth-order valence-corrected chi connectivity index (χ4v) is 2.86. The second-order valence-electron chi connectivity index (χ2n) is 3.51. The maximum absolute atomic E-state index is 4.37. The second-order valence-corrected chi connectivity index (χ2v) is 5.09. The van der Waals surface area contributed by atoms with E-state index in [0.717, 1.165) is 10.2 Å². The molecule has 78 valence electrons. The molecule has 3 rings (SSSR count). The number of hydrogen-bond donors (Lipinski definition) is 0. The number of nitrogens with zero attached hydrogens (tertiary/aromatic N) is 1. The smallest absolute Gasteiger partial charge is 0.0817 e. The Morgan fingerprint density at radius 2 is 1.81 bits per heavy atom. The lowest BCUT2D eigenvalue weighted by molar-refractivity contribution is 1.42. The number of benzene rings is 2. The van der Waals surface area contributed by atoms with Crippen LogP contribution in [0.15, 0.2) is 51.8 Å². The molecule has 0 saturated heterocycles. The molecule has 2 aromatic carbocycles. The Morgan fingerprint density at radius 1 is 1.00 bits per heavy atom. The van der Waals surface area contributed by atoms with E-state index in [1.54, 1.807) is 11.3 Å². The van der Waals surface area contributed by atoms with Crippen LogP contribution in [-0.2, 0) is 0 Å². The molecule has 0 spiro atoms. The summed E-state index contributed by atoms with van der Waals surface area (Å²) in [5.74, 6) is 0. The predicted octanol–water partition coefficient (Wildman–Crippen LogP) is 4.73. The lowest BCUT2D eigenvalue weighted by atomic mass is 10.0. The molecule has 16 heavy (non-hydrogen) atoms. The first kappa shape index (κ1) is 10.00. The van der Waals surface area contributed by atoms with Gasteiger partial charge in [0.2, 0.25) is 0 Å². The Labute approximate surface area is 106 Å². The minimum atomic E-state index is 1.05. The number of hydrogen-bond acceptors (Lipinski definition) is 2. The molecule has 0 aliphatic rings. The molecule has 3 aromatic rings. The van der Waals surface area contributed by atoms with Crippen LogP contribution in [0.2, 0.25) is 0 Å².